The van der Waals surface area contributed by atoms with Crippen LogP contribution in [0.5, 0.6) is 0 Å². The third-order valence-corrected chi connectivity index (χ3v) is 5.72. The quantitative estimate of drug-likeness (QED) is 0.594. The molecular formula is C21H20FN3O3S. The number of pyridine rings is 1. The summed E-state index contributed by atoms with van der Waals surface area (Å²) in [6.07, 6.45) is 3.34. The lowest BCUT2D eigenvalue weighted by atomic mass is 10.1. The molecule has 1 heterocycles. The van der Waals surface area contributed by atoms with Crippen LogP contribution in [0.4, 0.5) is 4.39 Å². The summed E-state index contributed by atoms with van der Waals surface area (Å²) < 4.78 is 41.7. The molecule has 3 rings (SSSR count). The first-order valence-electron chi connectivity index (χ1n) is 8.93. The number of carbonyl (C=O) groups excluding carboxylic acids is 1. The van der Waals surface area contributed by atoms with Crippen LogP contribution in [0.2, 0.25) is 0 Å². The van der Waals surface area contributed by atoms with Crippen molar-refractivity contribution in [1.29, 1.82) is 0 Å². The van der Waals surface area contributed by atoms with E-state index in [-0.39, 0.29) is 13.0 Å². The number of hydrogen-bond acceptors (Lipinski definition) is 4. The minimum Gasteiger partial charge on any atom is -0.351 e. The fourth-order valence-corrected chi connectivity index (χ4v) is 4.04. The second-order valence-corrected chi connectivity index (χ2v) is 8.06. The van der Waals surface area contributed by atoms with E-state index in [0.717, 1.165) is 23.3 Å². The standard InChI is InChI=1S/C21H20FN3O3S/c22-18-10-4-5-11-20(18)29(27,28)25-19(13-16-7-2-1-3-8-16)21(26)24-15-17-9-6-12-23-14-17/h1-12,14,19,25H,13,15H2,(H,24,26)/t19-/m1/s1. The lowest BCUT2D eigenvalue weighted by Crippen LogP contribution is -2.47. The Balaban J connectivity index is 1.80. The number of aromatic nitrogens is 1. The molecule has 0 bridgehead atoms. The van der Waals surface area contributed by atoms with Crippen molar-refractivity contribution in [1.82, 2.24) is 15.0 Å². The van der Waals surface area contributed by atoms with Gasteiger partial charge in [-0.25, -0.2) is 12.8 Å². The molecular weight excluding hydrogens is 393 g/mol. The molecule has 150 valence electrons. The second kappa shape index (κ2) is 9.40. The number of nitrogens with zero attached hydrogens (tertiary/aromatic N) is 1. The van der Waals surface area contributed by atoms with Gasteiger partial charge < -0.3 is 5.32 Å². The molecule has 0 saturated carbocycles. The third kappa shape index (κ3) is 5.69. The number of benzene rings is 2. The summed E-state index contributed by atoms with van der Waals surface area (Å²) in [6.45, 7) is 0.194. The van der Waals surface area contributed by atoms with E-state index in [1.165, 1.54) is 12.1 Å². The zero-order chi connectivity index (χ0) is 20.7. The van der Waals surface area contributed by atoms with Crippen LogP contribution in [0, 0.1) is 5.82 Å². The van der Waals surface area contributed by atoms with Gasteiger partial charge in [-0.3, -0.25) is 9.78 Å². The molecule has 0 fully saturated rings. The highest BCUT2D eigenvalue weighted by Gasteiger charge is 2.27. The van der Waals surface area contributed by atoms with Gasteiger partial charge in [0.15, 0.2) is 0 Å². The predicted octanol–water partition coefficient (Wildman–Crippen LogP) is 2.43. The third-order valence-electron chi connectivity index (χ3n) is 4.21. The molecule has 1 aromatic heterocycles. The summed E-state index contributed by atoms with van der Waals surface area (Å²) in [5, 5.41) is 2.71. The van der Waals surface area contributed by atoms with Crippen molar-refractivity contribution < 1.29 is 17.6 Å². The van der Waals surface area contributed by atoms with Crippen molar-refractivity contribution in [3.63, 3.8) is 0 Å². The zero-order valence-corrected chi connectivity index (χ0v) is 16.3. The van der Waals surface area contributed by atoms with E-state index < -0.39 is 32.7 Å². The Morgan fingerprint density at radius 3 is 2.34 bits per heavy atom. The normalized spacial score (nSPS) is 12.3. The highest BCUT2D eigenvalue weighted by molar-refractivity contribution is 7.89. The van der Waals surface area contributed by atoms with E-state index in [2.05, 4.69) is 15.0 Å². The molecule has 29 heavy (non-hydrogen) atoms. The smallest absolute Gasteiger partial charge is 0.244 e. The number of halogens is 1. The Hall–Kier alpha value is -3.10. The molecule has 2 aromatic carbocycles. The van der Waals surface area contributed by atoms with Gasteiger partial charge >= 0.3 is 0 Å². The van der Waals surface area contributed by atoms with Crippen LogP contribution >= 0.6 is 0 Å². The zero-order valence-electron chi connectivity index (χ0n) is 15.5. The van der Waals surface area contributed by atoms with E-state index in [9.17, 15) is 17.6 Å². The summed E-state index contributed by atoms with van der Waals surface area (Å²) >= 11 is 0. The van der Waals surface area contributed by atoms with Crippen molar-refractivity contribution >= 4 is 15.9 Å². The number of sulfonamides is 1. The highest BCUT2D eigenvalue weighted by atomic mass is 32.2. The second-order valence-electron chi connectivity index (χ2n) is 6.37. The van der Waals surface area contributed by atoms with Gasteiger partial charge in [0, 0.05) is 18.9 Å². The maximum absolute atomic E-state index is 14.0. The lowest BCUT2D eigenvalue weighted by molar-refractivity contribution is -0.122. The molecule has 0 aliphatic carbocycles. The molecule has 3 aromatic rings. The number of amides is 1. The molecule has 0 aliphatic rings. The fourth-order valence-electron chi connectivity index (χ4n) is 2.77. The Kier molecular flexibility index (Phi) is 6.69. The lowest BCUT2D eigenvalue weighted by Gasteiger charge is -2.19. The monoisotopic (exact) mass is 413 g/mol. The van der Waals surface area contributed by atoms with Crippen LogP contribution in [0.25, 0.3) is 0 Å². The van der Waals surface area contributed by atoms with E-state index >= 15 is 0 Å². The summed E-state index contributed by atoms with van der Waals surface area (Å²) in [6, 6.07) is 16.5. The molecule has 8 heteroatoms. The number of rotatable bonds is 8. The van der Waals surface area contributed by atoms with Gasteiger partial charge in [-0.2, -0.15) is 4.72 Å². The molecule has 0 radical (unpaired) electrons. The van der Waals surface area contributed by atoms with Crippen LogP contribution in [-0.4, -0.2) is 25.4 Å². The first-order chi connectivity index (χ1) is 14.0. The van der Waals surface area contributed by atoms with Gasteiger partial charge in [0.2, 0.25) is 15.9 Å². The fraction of sp³-hybridized carbons (Fsp3) is 0.143. The Morgan fingerprint density at radius 1 is 0.966 bits per heavy atom. The number of carbonyl (C=O) groups is 1. The SMILES string of the molecule is O=C(NCc1cccnc1)[C@@H](Cc1ccccc1)NS(=O)(=O)c1ccccc1F. The summed E-state index contributed by atoms with van der Waals surface area (Å²) in [7, 11) is -4.24. The van der Waals surface area contributed by atoms with Crippen molar-refractivity contribution in [3.05, 3.63) is 96.1 Å². The van der Waals surface area contributed by atoms with Crippen molar-refractivity contribution in [2.24, 2.45) is 0 Å². The Labute approximate surface area is 168 Å². The Morgan fingerprint density at radius 2 is 1.66 bits per heavy atom. The van der Waals surface area contributed by atoms with Gasteiger partial charge in [-0.15, -0.1) is 0 Å². The maximum Gasteiger partial charge on any atom is 0.244 e. The molecule has 1 amide bonds. The first kappa shape index (κ1) is 20.6. The highest BCUT2D eigenvalue weighted by Crippen LogP contribution is 2.15. The Bertz CT molecular complexity index is 1060. The van der Waals surface area contributed by atoms with Crippen molar-refractivity contribution in [2.45, 2.75) is 23.9 Å². The van der Waals surface area contributed by atoms with Crippen LogP contribution in [0.3, 0.4) is 0 Å². The molecule has 0 spiro atoms. The molecule has 0 unspecified atom stereocenters. The molecule has 6 nitrogen and oxygen atoms in total. The molecule has 1 atom stereocenters. The predicted molar refractivity (Wildman–Crippen MR) is 107 cm³/mol. The summed E-state index contributed by atoms with van der Waals surface area (Å²) in [4.78, 5) is 16.2. The van der Waals surface area contributed by atoms with Crippen LogP contribution in [0.1, 0.15) is 11.1 Å². The van der Waals surface area contributed by atoms with E-state index in [4.69, 9.17) is 0 Å². The topological polar surface area (TPSA) is 88.2 Å². The van der Waals surface area contributed by atoms with Gasteiger partial charge in [-0.1, -0.05) is 48.5 Å². The van der Waals surface area contributed by atoms with Crippen LogP contribution in [0.15, 0.2) is 84.0 Å². The molecule has 2 N–H and O–H groups in total. The average molecular weight is 413 g/mol. The first-order valence-corrected chi connectivity index (χ1v) is 10.4. The van der Waals surface area contributed by atoms with Crippen molar-refractivity contribution in [3.8, 4) is 0 Å². The van der Waals surface area contributed by atoms with Gasteiger partial charge in [-0.05, 0) is 35.7 Å². The minimum absolute atomic E-state index is 0.118. The summed E-state index contributed by atoms with van der Waals surface area (Å²) in [5.41, 5.74) is 1.54. The van der Waals surface area contributed by atoms with Crippen molar-refractivity contribution in [2.75, 3.05) is 0 Å². The van der Waals surface area contributed by atoms with E-state index in [1.54, 1.807) is 48.8 Å². The van der Waals surface area contributed by atoms with Gasteiger partial charge in [0.1, 0.15) is 16.8 Å². The van der Waals surface area contributed by atoms with E-state index in [1.807, 2.05) is 6.07 Å². The number of hydrogen-bond donors (Lipinski definition) is 2. The molecule has 0 saturated heterocycles. The van der Waals surface area contributed by atoms with E-state index in [0.29, 0.717) is 0 Å². The number of nitrogens with one attached hydrogen (secondary N) is 2. The minimum atomic E-state index is -4.24. The van der Waals surface area contributed by atoms with Crippen LogP contribution in [-0.2, 0) is 27.8 Å². The summed E-state index contributed by atoms with van der Waals surface area (Å²) in [5.74, 6) is -1.40. The van der Waals surface area contributed by atoms with Gasteiger partial charge in [0.05, 0.1) is 0 Å². The average Bonchev–Trinajstić information content (AvgIpc) is 2.73. The van der Waals surface area contributed by atoms with Crippen LogP contribution < -0.4 is 10.0 Å². The van der Waals surface area contributed by atoms with Gasteiger partial charge in [0.25, 0.3) is 0 Å². The largest absolute Gasteiger partial charge is 0.351 e. The maximum atomic E-state index is 14.0. The molecule has 0 aliphatic heterocycles.